The number of nitrogens with zero attached hydrogens (tertiary/aromatic N) is 1. The molecule has 0 aromatic heterocycles. The predicted octanol–water partition coefficient (Wildman–Crippen LogP) is 6.59. The second-order valence-electron chi connectivity index (χ2n) is 9.16. The summed E-state index contributed by atoms with van der Waals surface area (Å²) < 4.78 is 41.2. The highest BCUT2D eigenvalue weighted by atomic mass is 19.4. The average molecular weight is 393 g/mol. The van der Waals surface area contributed by atoms with Gasteiger partial charge in [-0.1, -0.05) is 45.1 Å². The number of rotatable bonds is 4. The molecule has 2 aliphatic carbocycles. The number of halogens is 3. The van der Waals surface area contributed by atoms with Crippen molar-refractivity contribution in [3.05, 3.63) is 48.6 Å². The van der Waals surface area contributed by atoms with Crippen molar-refractivity contribution in [2.75, 3.05) is 11.9 Å². The first-order valence-electron chi connectivity index (χ1n) is 9.98. The van der Waals surface area contributed by atoms with E-state index in [1.807, 2.05) is 7.05 Å². The first-order valence-corrected chi connectivity index (χ1v) is 9.98. The van der Waals surface area contributed by atoms with Crippen LogP contribution in [-0.4, -0.2) is 19.5 Å². The molecule has 1 saturated carbocycles. The molecule has 154 valence electrons. The Morgan fingerprint density at radius 2 is 1.68 bits per heavy atom. The van der Waals surface area contributed by atoms with Gasteiger partial charge in [-0.15, -0.1) is 13.2 Å². The van der Waals surface area contributed by atoms with Crippen molar-refractivity contribution in [3.8, 4) is 5.75 Å². The summed E-state index contributed by atoms with van der Waals surface area (Å²) in [6.07, 6.45) is 7.71. The van der Waals surface area contributed by atoms with Crippen LogP contribution < -0.4 is 9.64 Å². The van der Waals surface area contributed by atoms with E-state index in [2.05, 4.69) is 54.7 Å². The zero-order valence-electron chi connectivity index (χ0n) is 17.0. The third kappa shape index (κ3) is 5.12. The van der Waals surface area contributed by atoms with Gasteiger partial charge in [0.25, 0.3) is 0 Å². The first kappa shape index (κ1) is 20.8. The van der Waals surface area contributed by atoms with Crippen LogP contribution in [0.25, 0.3) is 0 Å². The van der Waals surface area contributed by atoms with Crippen molar-refractivity contribution in [1.29, 1.82) is 0 Å². The fourth-order valence-electron chi connectivity index (χ4n) is 5.20. The lowest BCUT2D eigenvalue weighted by molar-refractivity contribution is -0.274. The molecule has 0 amide bonds. The molecule has 5 heteroatoms. The Morgan fingerprint density at radius 1 is 1.04 bits per heavy atom. The maximum Gasteiger partial charge on any atom is 0.573 e. The minimum Gasteiger partial charge on any atom is -0.406 e. The third-order valence-corrected chi connectivity index (χ3v) is 6.04. The highest BCUT2D eigenvalue weighted by Crippen LogP contribution is 2.46. The Morgan fingerprint density at radius 3 is 2.29 bits per heavy atom. The van der Waals surface area contributed by atoms with Crippen LogP contribution in [0.4, 0.5) is 18.9 Å². The SMILES string of the molecule is C[C@@H]1C[C@@H](C2C=CC=CC2N(C)c2ccc(OC(F)(F)F)cc2)CC(C)(C)C1. The Kier molecular flexibility index (Phi) is 5.83. The smallest absolute Gasteiger partial charge is 0.406 e. The Labute approximate surface area is 166 Å². The van der Waals surface area contributed by atoms with E-state index in [4.69, 9.17) is 0 Å². The second kappa shape index (κ2) is 7.84. The van der Waals surface area contributed by atoms with E-state index >= 15 is 0 Å². The molecule has 0 bridgehead atoms. The predicted molar refractivity (Wildman–Crippen MR) is 107 cm³/mol. The number of ether oxygens (including phenoxy) is 1. The topological polar surface area (TPSA) is 12.5 Å². The van der Waals surface area contributed by atoms with Crippen LogP contribution in [0.1, 0.15) is 40.0 Å². The van der Waals surface area contributed by atoms with Crippen LogP contribution >= 0.6 is 0 Å². The first-order chi connectivity index (χ1) is 13.0. The zero-order valence-corrected chi connectivity index (χ0v) is 17.0. The minimum absolute atomic E-state index is 0.186. The molecule has 0 N–H and O–H groups in total. The van der Waals surface area contributed by atoms with Crippen molar-refractivity contribution in [3.63, 3.8) is 0 Å². The zero-order chi connectivity index (χ0) is 20.5. The van der Waals surface area contributed by atoms with Gasteiger partial charge in [0, 0.05) is 18.7 Å². The Bertz CT molecular complexity index is 720. The third-order valence-electron chi connectivity index (χ3n) is 6.04. The van der Waals surface area contributed by atoms with Gasteiger partial charge in [-0.05, 0) is 60.8 Å². The van der Waals surface area contributed by atoms with Crippen molar-refractivity contribution < 1.29 is 17.9 Å². The summed E-state index contributed by atoms with van der Waals surface area (Å²) in [6, 6.07) is 6.32. The monoisotopic (exact) mass is 393 g/mol. The van der Waals surface area contributed by atoms with Gasteiger partial charge >= 0.3 is 6.36 Å². The molecule has 1 aromatic carbocycles. The van der Waals surface area contributed by atoms with Crippen LogP contribution in [0.5, 0.6) is 5.75 Å². The van der Waals surface area contributed by atoms with Gasteiger partial charge < -0.3 is 9.64 Å². The molecule has 2 nitrogen and oxygen atoms in total. The van der Waals surface area contributed by atoms with Crippen LogP contribution in [0.3, 0.4) is 0 Å². The molecule has 1 fully saturated rings. The van der Waals surface area contributed by atoms with Gasteiger partial charge in [0.2, 0.25) is 0 Å². The molecule has 0 heterocycles. The fourth-order valence-corrected chi connectivity index (χ4v) is 5.20. The van der Waals surface area contributed by atoms with Crippen molar-refractivity contribution >= 4 is 5.69 Å². The summed E-state index contributed by atoms with van der Waals surface area (Å²) >= 11 is 0. The number of alkyl halides is 3. The standard InChI is InChI=1S/C23H30F3NO/c1-16-13-17(15-22(2,3)14-16)20-7-5-6-8-21(20)27(4)18-9-11-19(12-10-18)28-23(24,25)26/h5-12,16-17,20-21H,13-15H2,1-4H3/t16-,17-,20?,21?/m1/s1. The molecule has 0 saturated heterocycles. The lowest BCUT2D eigenvalue weighted by Crippen LogP contribution is -2.43. The maximum atomic E-state index is 12.4. The second-order valence-corrected chi connectivity index (χ2v) is 9.16. The number of anilines is 1. The minimum atomic E-state index is -4.67. The van der Waals surface area contributed by atoms with Gasteiger partial charge in [0.1, 0.15) is 5.75 Å². The average Bonchev–Trinajstić information content (AvgIpc) is 2.59. The molecule has 28 heavy (non-hydrogen) atoms. The quantitative estimate of drug-likeness (QED) is 0.572. The molecule has 0 radical (unpaired) electrons. The Hall–Kier alpha value is -1.91. The van der Waals surface area contributed by atoms with E-state index in [-0.39, 0.29) is 11.8 Å². The number of benzene rings is 1. The van der Waals surface area contributed by atoms with Gasteiger partial charge in [0.15, 0.2) is 0 Å². The number of hydrogen-bond donors (Lipinski definition) is 0. The lowest BCUT2D eigenvalue weighted by Gasteiger charge is -2.45. The van der Waals surface area contributed by atoms with Gasteiger partial charge in [-0.2, -0.15) is 0 Å². The molecule has 4 atom stereocenters. The molecule has 2 unspecified atom stereocenters. The van der Waals surface area contributed by atoms with Crippen LogP contribution in [0, 0.1) is 23.2 Å². The van der Waals surface area contributed by atoms with E-state index in [0.717, 1.165) is 5.69 Å². The maximum absolute atomic E-state index is 12.4. The van der Waals surface area contributed by atoms with Crippen molar-refractivity contribution in [2.24, 2.45) is 23.2 Å². The van der Waals surface area contributed by atoms with E-state index in [1.165, 1.54) is 31.4 Å². The molecule has 0 spiro atoms. The molecular formula is C23H30F3NO. The molecule has 2 aliphatic rings. The summed E-state index contributed by atoms with van der Waals surface area (Å²) in [5, 5.41) is 0. The lowest BCUT2D eigenvalue weighted by atomic mass is 9.63. The summed E-state index contributed by atoms with van der Waals surface area (Å²) in [4.78, 5) is 2.16. The highest BCUT2D eigenvalue weighted by Gasteiger charge is 2.39. The molecule has 3 rings (SSSR count). The molecular weight excluding hydrogens is 363 g/mol. The van der Waals surface area contributed by atoms with Crippen LogP contribution in [0.2, 0.25) is 0 Å². The summed E-state index contributed by atoms with van der Waals surface area (Å²) in [5.74, 6) is 1.50. The fraction of sp³-hybridized carbons (Fsp3) is 0.565. The Balaban J connectivity index is 1.77. The summed E-state index contributed by atoms with van der Waals surface area (Å²) in [7, 11) is 2.01. The molecule has 1 aromatic rings. The van der Waals surface area contributed by atoms with Crippen LogP contribution in [-0.2, 0) is 0 Å². The van der Waals surface area contributed by atoms with Crippen LogP contribution in [0.15, 0.2) is 48.6 Å². The van der Waals surface area contributed by atoms with Crippen molar-refractivity contribution in [2.45, 2.75) is 52.4 Å². The summed E-state index contributed by atoms with van der Waals surface area (Å²) in [5.41, 5.74) is 1.23. The van der Waals surface area contributed by atoms with E-state index in [1.54, 1.807) is 12.1 Å². The van der Waals surface area contributed by atoms with E-state index < -0.39 is 6.36 Å². The number of allylic oxidation sites excluding steroid dienone is 2. The van der Waals surface area contributed by atoms with E-state index in [9.17, 15) is 13.2 Å². The van der Waals surface area contributed by atoms with Gasteiger partial charge in [-0.3, -0.25) is 0 Å². The van der Waals surface area contributed by atoms with E-state index in [0.29, 0.717) is 23.2 Å². The number of hydrogen-bond acceptors (Lipinski definition) is 2. The molecule has 0 aliphatic heterocycles. The van der Waals surface area contributed by atoms with Crippen molar-refractivity contribution in [1.82, 2.24) is 0 Å². The highest BCUT2D eigenvalue weighted by molar-refractivity contribution is 5.51. The summed E-state index contributed by atoms with van der Waals surface area (Å²) in [6.45, 7) is 7.06. The largest absolute Gasteiger partial charge is 0.573 e. The van der Waals surface area contributed by atoms with Gasteiger partial charge in [-0.25, -0.2) is 0 Å². The van der Waals surface area contributed by atoms with Gasteiger partial charge in [0.05, 0.1) is 6.04 Å². The normalized spacial score (nSPS) is 29.5. The number of likely N-dealkylation sites (N-methyl/N-ethyl adjacent to an activating group) is 1.